The number of pyridine rings is 1. The van der Waals surface area contributed by atoms with Crippen molar-refractivity contribution in [1.82, 2.24) is 15.6 Å². The second kappa shape index (κ2) is 9.95. The van der Waals surface area contributed by atoms with Crippen molar-refractivity contribution in [3.8, 4) is 5.88 Å². The molecule has 0 bridgehead atoms. The first kappa shape index (κ1) is 24.4. The maximum atomic E-state index is 14.6. The molecule has 2 saturated heterocycles. The second-order valence-electron chi connectivity index (χ2n) is 7.23. The van der Waals surface area contributed by atoms with Crippen LogP contribution in [0.5, 0.6) is 5.88 Å². The Morgan fingerprint density at radius 2 is 2.20 bits per heavy atom. The first-order valence-electron chi connectivity index (χ1n) is 9.38. The lowest BCUT2D eigenvalue weighted by Crippen LogP contribution is -2.50. The lowest BCUT2D eigenvalue weighted by Gasteiger charge is -2.38. The van der Waals surface area contributed by atoms with Crippen molar-refractivity contribution in [1.29, 1.82) is 0 Å². The number of carbonyl (C=O) groups excluding carboxylic acids is 1. The molecule has 0 spiro atoms. The van der Waals surface area contributed by atoms with Crippen LogP contribution in [0, 0.1) is 11.7 Å². The van der Waals surface area contributed by atoms with Crippen LogP contribution in [-0.2, 0) is 11.3 Å². The molecule has 3 rings (SSSR count). The average Bonchev–Trinajstić information content (AvgIpc) is 3.21. The molecule has 0 aliphatic carbocycles. The highest BCUT2D eigenvalue weighted by Crippen LogP contribution is 2.39. The van der Waals surface area contributed by atoms with Crippen LogP contribution < -0.4 is 20.3 Å². The molecule has 2 aliphatic heterocycles. The summed E-state index contributed by atoms with van der Waals surface area (Å²) < 4.78 is 73.3. The van der Waals surface area contributed by atoms with Gasteiger partial charge in [0.15, 0.2) is 11.6 Å². The molecule has 170 valence electrons. The molecule has 0 aromatic carbocycles. The van der Waals surface area contributed by atoms with Crippen LogP contribution in [0.3, 0.4) is 0 Å². The van der Waals surface area contributed by atoms with Crippen LogP contribution in [-0.4, -0.2) is 56.0 Å². The Kier molecular flexibility index (Phi) is 8.09. The monoisotopic (exact) mass is 458 g/mol. The van der Waals surface area contributed by atoms with Crippen LogP contribution in [0.1, 0.15) is 24.8 Å². The quantitative estimate of drug-likeness (QED) is 0.642. The highest BCUT2D eigenvalue weighted by atomic mass is 35.5. The summed E-state index contributed by atoms with van der Waals surface area (Å²) in [5.41, 5.74) is 0.257. The normalized spacial score (nSPS) is 23.2. The van der Waals surface area contributed by atoms with Gasteiger partial charge in [0, 0.05) is 31.6 Å². The van der Waals surface area contributed by atoms with Crippen LogP contribution in [0.25, 0.3) is 0 Å². The molecule has 6 nitrogen and oxygen atoms in total. The Hall–Kier alpha value is -1.88. The molecule has 2 aliphatic rings. The molecule has 1 amide bonds. The minimum absolute atomic E-state index is 0. The lowest BCUT2D eigenvalue weighted by molar-refractivity contribution is -0.125. The SMILES string of the molecule is COc1nc(N2CCC(F)(F)C(C(F)F)C2)c(F)cc1CNC(=O)C1CCCN1.Cl. The van der Waals surface area contributed by atoms with Gasteiger partial charge in [0.1, 0.15) is 5.92 Å². The number of piperidine rings is 1. The maximum Gasteiger partial charge on any atom is 0.259 e. The number of methoxy groups -OCH3 is 1. The zero-order valence-electron chi connectivity index (χ0n) is 16.3. The summed E-state index contributed by atoms with van der Waals surface area (Å²) in [7, 11) is 1.29. The summed E-state index contributed by atoms with van der Waals surface area (Å²) in [5.74, 6) is -7.15. The van der Waals surface area contributed by atoms with E-state index < -0.39 is 37.0 Å². The summed E-state index contributed by atoms with van der Waals surface area (Å²) in [6.07, 6.45) is -2.46. The summed E-state index contributed by atoms with van der Waals surface area (Å²) in [5, 5.41) is 5.72. The van der Waals surface area contributed by atoms with E-state index in [0.29, 0.717) is 6.42 Å². The number of anilines is 1. The van der Waals surface area contributed by atoms with Gasteiger partial charge in [0.2, 0.25) is 18.2 Å². The van der Waals surface area contributed by atoms with E-state index in [1.165, 1.54) is 7.11 Å². The van der Waals surface area contributed by atoms with E-state index in [2.05, 4.69) is 15.6 Å². The summed E-state index contributed by atoms with van der Waals surface area (Å²) >= 11 is 0. The van der Waals surface area contributed by atoms with E-state index in [4.69, 9.17) is 4.74 Å². The first-order chi connectivity index (χ1) is 13.7. The second-order valence-corrected chi connectivity index (χ2v) is 7.23. The molecule has 0 radical (unpaired) electrons. The van der Waals surface area contributed by atoms with Gasteiger partial charge >= 0.3 is 0 Å². The number of nitrogens with one attached hydrogen (secondary N) is 2. The van der Waals surface area contributed by atoms with Gasteiger partial charge in [-0.1, -0.05) is 0 Å². The Labute approximate surface area is 176 Å². The van der Waals surface area contributed by atoms with Crippen molar-refractivity contribution in [2.75, 3.05) is 31.6 Å². The standard InChI is InChI=1S/C18H23F5N4O2.ClH/c1-29-17-10(8-25-16(28)13-3-2-5-24-13)7-12(19)15(26-17)27-6-4-18(22,23)11(9-27)14(20)21;/h7,11,13-14,24H,2-6,8-9H2,1H3,(H,25,28);1H. The lowest BCUT2D eigenvalue weighted by atomic mass is 9.94. The van der Waals surface area contributed by atoms with Gasteiger partial charge in [0.25, 0.3) is 5.92 Å². The number of carbonyl (C=O) groups is 1. The summed E-state index contributed by atoms with van der Waals surface area (Å²) in [6.45, 7) is -0.323. The zero-order chi connectivity index (χ0) is 21.2. The van der Waals surface area contributed by atoms with Crippen molar-refractivity contribution in [2.45, 2.75) is 44.2 Å². The number of amides is 1. The summed E-state index contributed by atoms with van der Waals surface area (Å²) in [6, 6.07) is 0.771. The highest BCUT2D eigenvalue weighted by molar-refractivity contribution is 5.85. The van der Waals surface area contributed by atoms with Gasteiger partial charge < -0.3 is 20.3 Å². The molecule has 2 atom stereocenters. The number of nitrogens with zero attached hydrogens (tertiary/aromatic N) is 2. The topological polar surface area (TPSA) is 66.5 Å². The average molecular weight is 459 g/mol. The fourth-order valence-corrected chi connectivity index (χ4v) is 3.63. The van der Waals surface area contributed by atoms with Gasteiger partial charge in [0.05, 0.1) is 13.2 Å². The largest absolute Gasteiger partial charge is 0.481 e. The molecule has 2 fully saturated rings. The van der Waals surface area contributed by atoms with Crippen molar-refractivity contribution < 1.29 is 31.5 Å². The number of rotatable bonds is 6. The molecule has 2 unspecified atom stereocenters. The predicted molar refractivity (Wildman–Crippen MR) is 102 cm³/mol. The van der Waals surface area contributed by atoms with E-state index in [1.54, 1.807) is 0 Å². The van der Waals surface area contributed by atoms with E-state index in [9.17, 15) is 26.7 Å². The fraction of sp³-hybridized carbons (Fsp3) is 0.667. The number of alkyl halides is 4. The third-order valence-corrected chi connectivity index (χ3v) is 5.30. The van der Waals surface area contributed by atoms with E-state index >= 15 is 0 Å². The van der Waals surface area contributed by atoms with E-state index in [1.807, 2.05) is 0 Å². The molecule has 1 aromatic heterocycles. The first-order valence-corrected chi connectivity index (χ1v) is 9.38. The van der Waals surface area contributed by atoms with Crippen molar-refractivity contribution in [3.05, 3.63) is 17.4 Å². The third-order valence-electron chi connectivity index (χ3n) is 5.30. The van der Waals surface area contributed by atoms with Crippen LogP contribution in [0.15, 0.2) is 6.07 Å². The van der Waals surface area contributed by atoms with Gasteiger partial charge in [-0.15, -0.1) is 12.4 Å². The smallest absolute Gasteiger partial charge is 0.259 e. The van der Waals surface area contributed by atoms with E-state index in [0.717, 1.165) is 23.9 Å². The van der Waals surface area contributed by atoms with Crippen LogP contribution in [0.4, 0.5) is 27.8 Å². The molecule has 30 heavy (non-hydrogen) atoms. The van der Waals surface area contributed by atoms with Gasteiger partial charge in [-0.2, -0.15) is 4.98 Å². The van der Waals surface area contributed by atoms with E-state index in [-0.39, 0.29) is 54.7 Å². The number of hydrogen-bond donors (Lipinski definition) is 2. The molecule has 3 heterocycles. The van der Waals surface area contributed by atoms with Gasteiger partial charge in [-0.3, -0.25) is 4.79 Å². The number of ether oxygens (including phenoxy) is 1. The number of halogens is 6. The molecule has 2 N–H and O–H groups in total. The highest BCUT2D eigenvalue weighted by Gasteiger charge is 2.49. The molecular formula is C18H24ClF5N4O2. The Morgan fingerprint density at radius 1 is 1.47 bits per heavy atom. The molecular weight excluding hydrogens is 435 g/mol. The third kappa shape index (κ3) is 5.23. The zero-order valence-corrected chi connectivity index (χ0v) is 17.1. The van der Waals surface area contributed by atoms with Crippen molar-refractivity contribution in [2.24, 2.45) is 5.92 Å². The van der Waals surface area contributed by atoms with Crippen LogP contribution >= 0.6 is 12.4 Å². The molecule has 0 saturated carbocycles. The van der Waals surface area contributed by atoms with Crippen LogP contribution in [0.2, 0.25) is 0 Å². The molecule has 1 aromatic rings. The maximum absolute atomic E-state index is 14.6. The number of hydrogen-bond acceptors (Lipinski definition) is 5. The van der Waals surface area contributed by atoms with Crippen molar-refractivity contribution in [3.63, 3.8) is 0 Å². The van der Waals surface area contributed by atoms with Crippen molar-refractivity contribution >= 4 is 24.1 Å². The molecule has 12 heteroatoms. The minimum atomic E-state index is -3.52. The van der Waals surface area contributed by atoms with Gasteiger partial charge in [-0.05, 0) is 25.5 Å². The fourth-order valence-electron chi connectivity index (χ4n) is 3.63. The Bertz CT molecular complexity index is 750. The predicted octanol–water partition coefficient (Wildman–Crippen LogP) is 2.75. The minimum Gasteiger partial charge on any atom is -0.481 e. The Balaban J connectivity index is 0.00000320. The summed E-state index contributed by atoms with van der Waals surface area (Å²) in [4.78, 5) is 17.2. The Morgan fingerprint density at radius 3 is 2.80 bits per heavy atom. The van der Waals surface area contributed by atoms with Gasteiger partial charge in [-0.25, -0.2) is 22.0 Å². The number of aromatic nitrogens is 1.